The van der Waals surface area contributed by atoms with Crippen LogP contribution in [-0.2, 0) is 14.8 Å². The highest BCUT2D eigenvalue weighted by atomic mass is 32.2. The maximum atomic E-state index is 13.0. The van der Waals surface area contributed by atoms with Crippen LogP contribution < -0.4 is 19.7 Å². The maximum absolute atomic E-state index is 13.0. The average Bonchev–Trinajstić information content (AvgIpc) is 2.74. The van der Waals surface area contributed by atoms with Crippen LogP contribution in [0.4, 0.5) is 11.4 Å². The normalized spacial score (nSPS) is 13.0. The molecule has 0 bridgehead atoms. The fourth-order valence-electron chi connectivity index (χ4n) is 3.10. The number of hydrogen-bond donors (Lipinski definition) is 2. The number of amides is 2. The first-order chi connectivity index (χ1) is 15.1. The summed E-state index contributed by atoms with van der Waals surface area (Å²) in [6.07, 6.45) is 1.81. The molecule has 2 amide bonds. The summed E-state index contributed by atoms with van der Waals surface area (Å²) in [6.45, 7) is 7.68. The molecule has 0 aliphatic carbocycles. The maximum Gasteiger partial charge on any atom is 0.253 e. The third kappa shape index (κ3) is 6.46. The zero-order valence-electron chi connectivity index (χ0n) is 19.1. The molecule has 0 fully saturated rings. The fourth-order valence-corrected chi connectivity index (χ4v) is 4.27. The number of nitrogens with one attached hydrogen (secondary N) is 2. The molecule has 8 nitrogen and oxygen atoms in total. The first-order valence-electron chi connectivity index (χ1n) is 10.5. The minimum atomic E-state index is -3.77. The van der Waals surface area contributed by atoms with Crippen LogP contribution in [-0.4, -0.2) is 45.2 Å². The molecule has 32 heavy (non-hydrogen) atoms. The van der Waals surface area contributed by atoms with E-state index in [9.17, 15) is 18.0 Å². The monoisotopic (exact) mass is 461 g/mol. The fraction of sp³-hybridized carbons (Fsp3) is 0.391. The Morgan fingerprint density at radius 1 is 1.03 bits per heavy atom. The quantitative estimate of drug-likeness (QED) is 0.564. The van der Waals surface area contributed by atoms with E-state index < -0.39 is 22.0 Å². The molecule has 0 saturated heterocycles. The van der Waals surface area contributed by atoms with Crippen molar-refractivity contribution in [1.82, 2.24) is 5.32 Å². The summed E-state index contributed by atoms with van der Waals surface area (Å²) in [5.74, 6) is -0.273. The largest absolute Gasteiger partial charge is 0.494 e. The topological polar surface area (TPSA) is 105 Å². The lowest BCUT2D eigenvalue weighted by Crippen LogP contribution is -2.45. The zero-order valence-corrected chi connectivity index (χ0v) is 19.9. The molecule has 0 heterocycles. The molecule has 0 spiro atoms. The standard InChI is InChI=1S/C23H31N3O5S/c1-6-16(3)24-23(28)20-10-8-9-11-21(20)25-22(27)17(4)26(32(5,29)30)18-12-14-19(15-13-18)31-7-2/h8-17H,6-7H2,1-5H3,(H,24,28)(H,25,27)/t16-,17-/m1/s1. The van der Waals surface area contributed by atoms with E-state index in [-0.39, 0.29) is 11.9 Å². The minimum absolute atomic E-state index is 0.0226. The lowest BCUT2D eigenvalue weighted by atomic mass is 10.1. The Hall–Kier alpha value is -3.07. The second kappa shape index (κ2) is 11.0. The highest BCUT2D eigenvalue weighted by molar-refractivity contribution is 7.92. The van der Waals surface area contributed by atoms with Gasteiger partial charge >= 0.3 is 0 Å². The van der Waals surface area contributed by atoms with Crippen molar-refractivity contribution < 1.29 is 22.7 Å². The highest BCUT2D eigenvalue weighted by Crippen LogP contribution is 2.25. The summed E-state index contributed by atoms with van der Waals surface area (Å²) < 4.78 is 31.5. The lowest BCUT2D eigenvalue weighted by Gasteiger charge is -2.28. The van der Waals surface area contributed by atoms with Crippen molar-refractivity contribution in [1.29, 1.82) is 0 Å². The molecule has 0 radical (unpaired) electrons. The molecule has 0 aromatic heterocycles. The van der Waals surface area contributed by atoms with Gasteiger partial charge in [-0.3, -0.25) is 13.9 Å². The summed E-state index contributed by atoms with van der Waals surface area (Å²) in [5, 5.41) is 5.57. The van der Waals surface area contributed by atoms with E-state index in [2.05, 4.69) is 10.6 Å². The third-order valence-electron chi connectivity index (χ3n) is 4.91. The molecule has 9 heteroatoms. The van der Waals surface area contributed by atoms with E-state index in [0.29, 0.717) is 29.3 Å². The van der Waals surface area contributed by atoms with Crippen LogP contribution in [0.1, 0.15) is 44.5 Å². The van der Waals surface area contributed by atoms with Gasteiger partial charge in [0.15, 0.2) is 0 Å². The van der Waals surface area contributed by atoms with E-state index >= 15 is 0 Å². The molecular weight excluding hydrogens is 430 g/mol. The van der Waals surface area contributed by atoms with Crippen LogP contribution in [0.25, 0.3) is 0 Å². The summed E-state index contributed by atoms with van der Waals surface area (Å²) in [6, 6.07) is 12.0. The number of carbonyl (C=O) groups excluding carboxylic acids is 2. The van der Waals surface area contributed by atoms with Crippen molar-refractivity contribution in [2.45, 2.75) is 46.2 Å². The molecule has 2 rings (SSSR count). The van der Waals surface area contributed by atoms with Crippen molar-refractivity contribution in [2.75, 3.05) is 22.5 Å². The van der Waals surface area contributed by atoms with Gasteiger partial charge in [0.1, 0.15) is 11.8 Å². The Balaban J connectivity index is 2.29. The summed E-state index contributed by atoms with van der Waals surface area (Å²) in [5.41, 5.74) is 0.951. The van der Waals surface area contributed by atoms with Gasteiger partial charge in [-0.15, -0.1) is 0 Å². The molecule has 2 atom stereocenters. The SMILES string of the molecule is CCOc1ccc(N([C@H](C)C(=O)Nc2ccccc2C(=O)N[C@H](C)CC)S(C)(=O)=O)cc1. The van der Waals surface area contributed by atoms with Crippen molar-refractivity contribution in [3.05, 3.63) is 54.1 Å². The van der Waals surface area contributed by atoms with Crippen LogP contribution in [0.15, 0.2) is 48.5 Å². The number of para-hydroxylation sites is 1. The van der Waals surface area contributed by atoms with Crippen LogP contribution in [0.3, 0.4) is 0 Å². The van der Waals surface area contributed by atoms with Gasteiger partial charge in [-0.05, 0) is 63.6 Å². The van der Waals surface area contributed by atoms with Gasteiger partial charge in [-0.25, -0.2) is 8.42 Å². The number of carbonyl (C=O) groups is 2. The smallest absolute Gasteiger partial charge is 0.253 e. The number of anilines is 2. The molecule has 2 aromatic carbocycles. The molecule has 0 aliphatic heterocycles. The predicted molar refractivity (Wildman–Crippen MR) is 127 cm³/mol. The van der Waals surface area contributed by atoms with E-state index in [0.717, 1.165) is 17.0 Å². The van der Waals surface area contributed by atoms with Gasteiger partial charge in [0.25, 0.3) is 5.91 Å². The number of sulfonamides is 1. The molecule has 174 valence electrons. The molecule has 2 N–H and O–H groups in total. The lowest BCUT2D eigenvalue weighted by molar-refractivity contribution is -0.116. The van der Waals surface area contributed by atoms with Crippen molar-refractivity contribution >= 4 is 33.2 Å². The van der Waals surface area contributed by atoms with E-state index in [1.54, 1.807) is 48.5 Å². The third-order valence-corrected chi connectivity index (χ3v) is 6.15. The summed E-state index contributed by atoms with van der Waals surface area (Å²) >= 11 is 0. The van der Waals surface area contributed by atoms with E-state index in [1.807, 2.05) is 20.8 Å². The van der Waals surface area contributed by atoms with E-state index in [4.69, 9.17) is 4.74 Å². The Labute approximate surface area is 190 Å². The van der Waals surface area contributed by atoms with Crippen LogP contribution >= 0.6 is 0 Å². The Morgan fingerprint density at radius 3 is 2.22 bits per heavy atom. The van der Waals surface area contributed by atoms with Crippen molar-refractivity contribution in [3.8, 4) is 5.75 Å². The number of benzene rings is 2. The van der Waals surface area contributed by atoms with Crippen molar-refractivity contribution in [3.63, 3.8) is 0 Å². The molecule has 0 aliphatic rings. The van der Waals surface area contributed by atoms with Gasteiger partial charge in [-0.1, -0.05) is 19.1 Å². The highest BCUT2D eigenvalue weighted by Gasteiger charge is 2.30. The number of rotatable bonds is 10. The second-order valence-electron chi connectivity index (χ2n) is 7.48. The average molecular weight is 462 g/mol. The summed E-state index contributed by atoms with van der Waals surface area (Å²) in [7, 11) is -3.77. The second-order valence-corrected chi connectivity index (χ2v) is 9.34. The molecular formula is C23H31N3O5S. The molecule has 0 saturated carbocycles. The predicted octanol–water partition coefficient (Wildman–Crippen LogP) is 3.41. The van der Waals surface area contributed by atoms with Gasteiger partial charge < -0.3 is 15.4 Å². The number of ether oxygens (including phenoxy) is 1. The number of nitrogens with zero attached hydrogens (tertiary/aromatic N) is 1. The van der Waals surface area contributed by atoms with Crippen LogP contribution in [0, 0.1) is 0 Å². The van der Waals surface area contributed by atoms with Crippen molar-refractivity contribution in [2.24, 2.45) is 0 Å². The van der Waals surface area contributed by atoms with Gasteiger partial charge in [0, 0.05) is 6.04 Å². The Kier molecular flexibility index (Phi) is 8.65. The summed E-state index contributed by atoms with van der Waals surface area (Å²) in [4.78, 5) is 25.6. The molecule has 0 unspecified atom stereocenters. The molecule has 2 aromatic rings. The Bertz CT molecular complexity index is 1040. The van der Waals surface area contributed by atoms with Crippen LogP contribution in [0.2, 0.25) is 0 Å². The Morgan fingerprint density at radius 2 is 1.66 bits per heavy atom. The van der Waals surface area contributed by atoms with Crippen LogP contribution in [0.5, 0.6) is 5.75 Å². The van der Waals surface area contributed by atoms with Gasteiger partial charge in [0.05, 0.1) is 29.8 Å². The minimum Gasteiger partial charge on any atom is -0.494 e. The first-order valence-corrected chi connectivity index (χ1v) is 12.4. The zero-order chi connectivity index (χ0) is 23.9. The van der Waals surface area contributed by atoms with Gasteiger partial charge in [0.2, 0.25) is 15.9 Å². The first kappa shape index (κ1) is 25.2. The van der Waals surface area contributed by atoms with Gasteiger partial charge in [-0.2, -0.15) is 0 Å². The number of hydrogen-bond acceptors (Lipinski definition) is 5. The van der Waals surface area contributed by atoms with E-state index in [1.165, 1.54) is 6.92 Å².